The molecule has 11 heteroatoms. The summed E-state index contributed by atoms with van der Waals surface area (Å²) in [5.41, 5.74) is 5.56. The van der Waals surface area contributed by atoms with Gasteiger partial charge in [0, 0.05) is 24.3 Å². The Kier molecular flexibility index (Phi) is 5.43. The number of carbonyl (C=O) groups is 1. The number of rotatable bonds is 6. The van der Waals surface area contributed by atoms with E-state index in [4.69, 9.17) is 10.5 Å². The van der Waals surface area contributed by atoms with Crippen molar-refractivity contribution >= 4 is 11.6 Å². The molecule has 1 saturated heterocycles. The Morgan fingerprint density at radius 1 is 1.19 bits per heavy atom. The van der Waals surface area contributed by atoms with Crippen LogP contribution in [0.2, 0.25) is 0 Å². The molecule has 2 aromatic carbocycles. The fourth-order valence-electron chi connectivity index (χ4n) is 5.35. The number of nitrogens with zero attached hydrogens (tertiary/aromatic N) is 4. The predicted molar refractivity (Wildman–Crippen MR) is 125 cm³/mol. The Morgan fingerprint density at radius 3 is 2.54 bits per heavy atom. The van der Waals surface area contributed by atoms with Crippen molar-refractivity contribution in [1.29, 1.82) is 0 Å². The lowest BCUT2D eigenvalue weighted by molar-refractivity contribution is -0.138. The van der Waals surface area contributed by atoms with Crippen LogP contribution < -0.4 is 10.6 Å². The molecule has 0 bridgehead atoms. The maximum atomic E-state index is 15.8. The first-order valence-corrected chi connectivity index (χ1v) is 12.1. The van der Waals surface area contributed by atoms with Gasteiger partial charge in [0.05, 0.1) is 30.7 Å². The SMILES string of the molecule is Cn1cnnc1[C@H](F)C1(c2cccc(N3Cc4c(cc([C@@H](N)C5CC5)cc4C(F)(F)F)C3=O)c2)COC1. The Morgan fingerprint density at radius 2 is 1.95 bits per heavy atom. The standard InChI is InChI=1S/C26H25F4N5O2/c1-34-13-32-33-23(34)22(27)25(11-37-12-25)16-3-2-4-17(9-16)35-10-19-18(24(35)36)7-15(21(31)14-5-6-14)8-20(19)26(28,29)30/h2-4,7-9,13-14,21-22H,5-6,10-12,31H2,1H3/t21-,22-/m0/s1. The number of anilines is 1. The van der Waals surface area contributed by atoms with Crippen molar-refractivity contribution in [2.75, 3.05) is 18.1 Å². The van der Waals surface area contributed by atoms with Gasteiger partial charge in [0.15, 0.2) is 12.0 Å². The van der Waals surface area contributed by atoms with E-state index in [-0.39, 0.29) is 42.6 Å². The molecule has 37 heavy (non-hydrogen) atoms. The smallest absolute Gasteiger partial charge is 0.379 e. The van der Waals surface area contributed by atoms with E-state index >= 15 is 4.39 Å². The first-order valence-electron chi connectivity index (χ1n) is 12.1. The van der Waals surface area contributed by atoms with Crippen molar-refractivity contribution in [2.24, 2.45) is 18.7 Å². The van der Waals surface area contributed by atoms with Crippen LogP contribution in [0.4, 0.5) is 23.2 Å². The fraction of sp³-hybridized carbons (Fsp3) is 0.423. The normalized spacial score (nSPS) is 20.5. The van der Waals surface area contributed by atoms with Crippen molar-refractivity contribution in [3.8, 4) is 0 Å². The van der Waals surface area contributed by atoms with Crippen molar-refractivity contribution in [3.63, 3.8) is 0 Å². The highest BCUT2D eigenvalue weighted by molar-refractivity contribution is 6.10. The second-order valence-electron chi connectivity index (χ2n) is 10.2. The highest BCUT2D eigenvalue weighted by atomic mass is 19.4. The van der Waals surface area contributed by atoms with E-state index in [9.17, 15) is 18.0 Å². The van der Waals surface area contributed by atoms with Gasteiger partial charge in [-0.2, -0.15) is 13.2 Å². The molecule has 1 aliphatic carbocycles. The average molecular weight is 516 g/mol. The second-order valence-corrected chi connectivity index (χ2v) is 10.2. The maximum absolute atomic E-state index is 15.8. The largest absolute Gasteiger partial charge is 0.416 e. The zero-order chi connectivity index (χ0) is 26.1. The molecule has 0 unspecified atom stereocenters. The minimum Gasteiger partial charge on any atom is -0.379 e. The van der Waals surface area contributed by atoms with Crippen LogP contribution in [0.5, 0.6) is 0 Å². The zero-order valence-electron chi connectivity index (χ0n) is 20.0. The minimum atomic E-state index is -4.63. The molecule has 6 rings (SSSR count). The molecule has 2 N–H and O–H groups in total. The van der Waals surface area contributed by atoms with E-state index in [1.807, 2.05) is 0 Å². The molecular weight excluding hydrogens is 490 g/mol. The Balaban J connectivity index is 1.37. The fourth-order valence-corrected chi connectivity index (χ4v) is 5.35. The summed E-state index contributed by atoms with van der Waals surface area (Å²) in [6.07, 6.45) is -3.03. The summed E-state index contributed by atoms with van der Waals surface area (Å²) < 4.78 is 64.8. The van der Waals surface area contributed by atoms with Gasteiger partial charge in [0.2, 0.25) is 0 Å². The van der Waals surface area contributed by atoms with E-state index in [0.29, 0.717) is 16.8 Å². The van der Waals surface area contributed by atoms with Crippen LogP contribution in [0.3, 0.4) is 0 Å². The van der Waals surface area contributed by atoms with Crippen molar-refractivity contribution < 1.29 is 27.1 Å². The monoisotopic (exact) mass is 515 g/mol. The number of benzene rings is 2. The van der Waals surface area contributed by atoms with Crippen LogP contribution in [-0.2, 0) is 29.9 Å². The summed E-state index contributed by atoms with van der Waals surface area (Å²) >= 11 is 0. The molecular formula is C26H25F4N5O2. The number of aromatic nitrogens is 3. The molecule has 1 aromatic heterocycles. The molecule has 194 valence electrons. The van der Waals surface area contributed by atoms with Gasteiger partial charge in [-0.3, -0.25) is 4.79 Å². The Bertz CT molecular complexity index is 1380. The minimum absolute atomic E-state index is 0.00970. The number of aryl methyl sites for hydroxylation is 1. The number of carbonyl (C=O) groups excluding carboxylic acids is 1. The molecule has 0 spiro atoms. The van der Waals surface area contributed by atoms with E-state index in [0.717, 1.165) is 18.9 Å². The van der Waals surface area contributed by atoms with Gasteiger partial charge >= 0.3 is 6.18 Å². The van der Waals surface area contributed by atoms with Crippen LogP contribution >= 0.6 is 0 Å². The molecule has 3 aliphatic rings. The number of amides is 1. The summed E-state index contributed by atoms with van der Waals surface area (Å²) in [5.74, 6) is -0.258. The van der Waals surface area contributed by atoms with E-state index in [1.54, 1.807) is 31.3 Å². The number of hydrogen-bond donors (Lipinski definition) is 1. The van der Waals surface area contributed by atoms with E-state index in [1.165, 1.54) is 21.9 Å². The molecule has 1 saturated carbocycles. The molecule has 2 fully saturated rings. The quantitative estimate of drug-likeness (QED) is 0.493. The lowest BCUT2D eigenvalue weighted by Crippen LogP contribution is -2.50. The van der Waals surface area contributed by atoms with Crippen LogP contribution in [0.1, 0.15) is 63.5 Å². The number of alkyl halides is 4. The van der Waals surface area contributed by atoms with Crippen LogP contribution in [-0.4, -0.2) is 33.9 Å². The Hall–Kier alpha value is -3.31. The summed E-state index contributed by atoms with van der Waals surface area (Å²) in [6.45, 7) is -0.0458. The third-order valence-corrected chi connectivity index (χ3v) is 7.79. The Labute approximate surface area is 210 Å². The average Bonchev–Trinajstić information content (AvgIpc) is 3.51. The van der Waals surface area contributed by atoms with Gasteiger partial charge in [0.25, 0.3) is 5.91 Å². The number of nitrogens with two attached hydrogens (primary N) is 1. The van der Waals surface area contributed by atoms with Crippen LogP contribution in [0.25, 0.3) is 0 Å². The number of halogens is 4. The molecule has 3 heterocycles. The molecule has 2 aliphatic heterocycles. The molecule has 7 nitrogen and oxygen atoms in total. The van der Waals surface area contributed by atoms with Crippen LogP contribution in [0.15, 0.2) is 42.7 Å². The highest BCUT2D eigenvalue weighted by Gasteiger charge is 2.51. The van der Waals surface area contributed by atoms with Gasteiger partial charge < -0.3 is 19.9 Å². The number of hydrogen-bond acceptors (Lipinski definition) is 5. The van der Waals surface area contributed by atoms with Gasteiger partial charge in [-0.05, 0) is 59.7 Å². The summed E-state index contributed by atoms with van der Waals surface area (Å²) in [6, 6.07) is 8.74. The maximum Gasteiger partial charge on any atom is 0.416 e. The molecule has 0 radical (unpaired) electrons. The van der Waals surface area contributed by atoms with Crippen molar-refractivity contribution in [2.45, 2.75) is 43.2 Å². The molecule has 3 aromatic rings. The summed E-state index contributed by atoms with van der Waals surface area (Å²) in [5, 5.41) is 7.66. The first kappa shape index (κ1) is 24.1. The van der Waals surface area contributed by atoms with Gasteiger partial charge in [-0.1, -0.05) is 12.1 Å². The number of ether oxygens (including phenoxy) is 1. The molecule has 1 amide bonds. The lowest BCUT2D eigenvalue weighted by Gasteiger charge is -2.43. The first-order chi connectivity index (χ1) is 17.6. The van der Waals surface area contributed by atoms with Gasteiger partial charge in [0.1, 0.15) is 6.33 Å². The topological polar surface area (TPSA) is 86.3 Å². The second kappa shape index (κ2) is 8.35. The van der Waals surface area contributed by atoms with Crippen molar-refractivity contribution in [3.05, 3.63) is 76.4 Å². The third-order valence-electron chi connectivity index (χ3n) is 7.79. The summed E-state index contributed by atoms with van der Waals surface area (Å²) in [7, 11) is 1.65. The lowest BCUT2D eigenvalue weighted by atomic mass is 9.74. The van der Waals surface area contributed by atoms with Gasteiger partial charge in [-0.25, -0.2) is 4.39 Å². The third kappa shape index (κ3) is 3.83. The predicted octanol–water partition coefficient (Wildman–Crippen LogP) is 4.38. The van der Waals surface area contributed by atoms with Crippen molar-refractivity contribution in [1.82, 2.24) is 14.8 Å². The van der Waals surface area contributed by atoms with E-state index < -0.39 is 35.3 Å². The van der Waals surface area contributed by atoms with Gasteiger partial charge in [-0.15, -0.1) is 10.2 Å². The highest BCUT2D eigenvalue weighted by Crippen LogP contribution is 2.47. The van der Waals surface area contributed by atoms with Crippen LogP contribution in [0, 0.1) is 5.92 Å². The summed E-state index contributed by atoms with van der Waals surface area (Å²) in [4.78, 5) is 14.7. The zero-order valence-corrected chi connectivity index (χ0v) is 20.0. The van der Waals surface area contributed by atoms with E-state index in [2.05, 4.69) is 10.2 Å². The molecule has 2 atom stereocenters. The number of fused-ring (bicyclic) bond motifs is 1.